The number of fused-ring (bicyclic) bond motifs is 6. The number of hydrogen-bond acceptors (Lipinski definition) is 6. The van der Waals surface area contributed by atoms with E-state index in [4.69, 9.17) is 25.9 Å². The highest BCUT2D eigenvalue weighted by Gasteiger charge is 2.46. The smallest absolute Gasteiger partial charge is 0.186 e. The first-order valence-corrected chi connectivity index (χ1v) is 20.5. The summed E-state index contributed by atoms with van der Waals surface area (Å²) in [6, 6.07) is 1.80. The molecular formula is C44H63N3O5. The van der Waals surface area contributed by atoms with E-state index in [-0.39, 0.29) is 72.4 Å². The Hall–Kier alpha value is -3.28. The van der Waals surface area contributed by atoms with Gasteiger partial charge in [-0.25, -0.2) is 4.99 Å². The Bertz CT molecular complexity index is 1550. The Labute approximate surface area is 311 Å². The van der Waals surface area contributed by atoms with Crippen molar-refractivity contribution in [1.82, 2.24) is 0 Å². The molecule has 0 aliphatic heterocycles. The lowest BCUT2D eigenvalue weighted by Gasteiger charge is -2.47. The lowest BCUT2D eigenvalue weighted by molar-refractivity contribution is -0.114. The zero-order chi connectivity index (χ0) is 36.6. The zero-order valence-corrected chi connectivity index (χ0v) is 31.7. The number of ether oxygens (including phenoxy) is 2. The Kier molecular flexibility index (Phi) is 13.4. The number of carbonyl (C=O) groups is 1. The number of aliphatic hydroxyl groups excluding tert-OH is 1. The van der Waals surface area contributed by atoms with Crippen molar-refractivity contribution in [3.8, 4) is 23.3 Å². The van der Waals surface area contributed by atoms with Gasteiger partial charge in [-0.1, -0.05) is 63.0 Å². The summed E-state index contributed by atoms with van der Waals surface area (Å²) in [5.41, 5.74) is 16.9. The third-order valence-corrected chi connectivity index (χ3v) is 12.5. The fourth-order valence-corrected chi connectivity index (χ4v) is 9.92. The molecule has 6 N–H and O–H groups in total. The van der Waals surface area contributed by atoms with Gasteiger partial charge in [0.2, 0.25) is 0 Å². The van der Waals surface area contributed by atoms with Gasteiger partial charge in [0, 0.05) is 29.9 Å². The molecule has 52 heavy (non-hydrogen) atoms. The third kappa shape index (κ3) is 9.44. The third-order valence-electron chi connectivity index (χ3n) is 12.5. The van der Waals surface area contributed by atoms with E-state index in [0.717, 1.165) is 92.9 Å². The minimum atomic E-state index is -0.165. The molecule has 6 unspecified atom stereocenters. The Morgan fingerprint density at radius 2 is 1.79 bits per heavy atom. The maximum absolute atomic E-state index is 13.3. The molecule has 8 heteroatoms. The fourth-order valence-electron chi connectivity index (χ4n) is 9.92. The molecule has 6 atom stereocenters. The average Bonchev–Trinajstić information content (AvgIpc) is 3.64. The maximum Gasteiger partial charge on any atom is 0.186 e. The normalized spacial score (nSPS) is 28.1. The number of phenols is 1. The van der Waals surface area contributed by atoms with Crippen LogP contribution in [0.15, 0.2) is 34.4 Å². The molecule has 1 aromatic carbocycles. The molecule has 0 spiro atoms. The molecule has 5 aliphatic rings. The van der Waals surface area contributed by atoms with Gasteiger partial charge < -0.3 is 31.2 Å². The summed E-state index contributed by atoms with van der Waals surface area (Å²) in [6.45, 7) is 4.89. The zero-order valence-electron chi connectivity index (χ0n) is 31.7. The van der Waals surface area contributed by atoms with Crippen molar-refractivity contribution >= 4 is 11.7 Å². The summed E-state index contributed by atoms with van der Waals surface area (Å²) in [6.07, 6.45) is 21.3. The summed E-state index contributed by atoms with van der Waals surface area (Å²) in [7, 11) is 0. The fraction of sp³-hybridized carbons (Fsp3) is 0.682. The first kappa shape index (κ1) is 38.4. The van der Waals surface area contributed by atoms with Crippen LogP contribution in [0.5, 0.6) is 11.5 Å². The first-order valence-electron chi connectivity index (χ1n) is 20.5. The molecule has 3 fully saturated rings. The highest BCUT2D eigenvalue weighted by atomic mass is 16.5. The molecule has 284 valence electrons. The molecule has 0 amide bonds. The van der Waals surface area contributed by atoms with Crippen molar-refractivity contribution in [2.24, 2.45) is 40.1 Å². The molecule has 0 radical (unpaired) electrons. The van der Waals surface area contributed by atoms with Crippen LogP contribution >= 0.6 is 0 Å². The van der Waals surface area contributed by atoms with Gasteiger partial charge in [-0.15, -0.1) is 0 Å². The maximum atomic E-state index is 13.3. The van der Waals surface area contributed by atoms with Crippen LogP contribution in [0.3, 0.4) is 0 Å². The average molecular weight is 714 g/mol. The van der Waals surface area contributed by atoms with Crippen LogP contribution in [0.1, 0.15) is 146 Å². The standard InChI is InChI=1S/C44H63N3O5/c1-3-10-29(26-48)22-34(49)20-19-31-25-40(52-36-14-7-8-15-36)43(50)42-37(31)16-9-11-33(47-44(45)46)24-32-23-30-18-17-28(2)21-38(30)41(42)39(32)27-51-35-12-5-4-6-13-35/h22-23,25,28,32-33,35-36,38-39,41,48,50H,3-8,10-15,17-21,24,26-27H2,1-2H3,(H4,45,46,47). The largest absolute Gasteiger partial charge is 0.504 e. The quantitative estimate of drug-likeness (QED) is 0.0539. The van der Waals surface area contributed by atoms with Gasteiger partial charge in [-0.3, -0.25) is 4.79 Å². The van der Waals surface area contributed by atoms with Gasteiger partial charge in [0.15, 0.2) is 23.2 Å². The second-order valence-corrected chi connectivity index (χ2v) is 16.5. The predicted molar refractivity (Wildman–Crippen MR) is 207 cm³/mol. The van der Waals surface area contributed by atoms with E-state index < -0.39 is 0 Å². The van der Waals surface area contributed by atoms with Crippen LogP contribution in [-0.2, 0) is 16.0 Å². The van der Waals surface area contributed by atoms with Gasteiger partial charge in [-0.05, 0) is 124 Å². The van der Waals surface area contributed by atoms with E-state index in [2.05, 4.69) is 24.8 Å². The molecular weight excluding hydrogens is 651 g/mol. The summed E-state index contributed by atoms with van der Waals surface area (Å²) in [4.78, 5) is 18.0. The van der Waals surface area contributed by atoms with Gasteiger partial charge in [-0.2, -0.15) is 0 Å². The lowest BCUT2D eigenvalue weighted by atomic mass is 9.58. The second kappa shape index (κ2) is 18.2. The number of hydrogen-bond donors (Lipinski definition) is 4. The topological polar surface area (TPSA) is 140 Å². The van der Waals surface area contributed by atoms with Gasteiger partial charge in [0.05, 0.1) is 31.5 Å². The number of benzene rings is 1. The van der Waals surface area contributed by atoms with Crippen LogP contribution < -0.4 is 16.2 Å². The number of aromatic hydroxyl groups is 1. The number of nitrogens with zero attached hydrogens (tertiary/aromatic N) is 1. The van der Waals surface area contributed by atoms with Crippen molar-refractivity contribution < 1.29 is 24.5 Å². The van der Waals surface area contributed by atoms with Crippen molar-refractivity contribution in [2.45, 2.75) is 154 Å². The Balaban J connectivity index is 1.51. The number of nitrogens with two attached hydrogens (primary N) is 2. The highest BCUT2D eigenvalue weighted by Crippen LogP contribution is 2.56. The number of guanidine groups is 1. The number of phenolic OH excluding ortho intramolecular Hbond substituents is 1. The summed E-state index contributed by atoms with van der Waals surface area (Å²) < 4.78 is 13.6. The Morgan fingerprint density at radius 3 is 2.52 bits per heavy atom. The highest BCUT2D eigenvalue weighted by molar-refractivity contribution is 5.90. The molecule has 5 aliphatic carbocycles. The van der Waals surface area contributed by atoms with E-state index in [9.17, 15) is 15.0 Å². The van der Waals surface area contributed by atoms with Gasteiger partial charge in [0.1, 0.15) is 0 Å². The molecule has 0 aromatic heterocycles. The number of ketones is 1. The predicted octanol–water partition coefficient (Wildman–Crippen LogP) is 7.76. The van der Waals surface area contributed by atoms with Crippen molar-refractivity contribution in [2.75, 3.05) is 13.2 Å². The van der Waals surface area contributed by atoms with Crippen molar-refractivity contribution in [1.29, 1.82) is 0 Å². The molecule has 2 bridgehead atoms. The van der Waals surface area contributed by atoms with E-state index in [1.807, 2.05) is 13.0 Å². The summed E-state index contributed by atoms with van der Waals surface area (Å²) in [5, 5.41) is 22.4. The minimum Gasteiger partial charge on any atom is -0.504 e. The number of aliphatic imine (C=N–C) groups is 1. The SMILES string of the molecule is CCCC(=CC(=O)CCc1cc(OC2CCCC2)c(O)c2c1C#CCC(N=C(N)N)CC1C=C3CCC(C)CC3C2C1COC1CCCCC1)CO. The summed E-state index contributed by atoms with van der Waals surface area (Å²) >= 11 is 0. The first-order chi connectivity index (χ1) is 25.2. The second-order valence-electron chi connectivity index (χ2n) is 16.5. The Morgan fingerprint density at radius 1 is 1.04 bits per heavy atom. The molecule has 8 nitrogen and oxygen atoms in total. The van der Waals surface area contributed by atoms with Crippen molar-refractivity contribution in [3.05, 3.63) is 46.1 Å². The minimum absolute atomic E-state index is 0.0129. The lowest BCUT2D eigenvalue weighted by Crippen LogP contribution is -2.40. The number of carbonyl (C=O) groups excluding carboxylic acids is 1. The van der Waals surface area contributed by atoms with E-state index in [0.29, 0.717) is 37.5 Å². The van der Waals surface area contributed by atoms with Crippen LogP contribution in [0.2, 0.25) is 0 Å². The van der Waals surface area contributed by atoms with Crippen LogP contribution in [0.4, 0.5) is 0 Å². The van der Waals surface area contributed by atoms with Crippen LogP contribution in [-0.4, -0.2) is 53.4 Å². The van der Waals surface area contributed by atoms with Gasteiger partial charge >= 0.3 is 0 Å². The number of allylic oxidation sites excluding steroid dienone is 3. The number of rotatable bonds is 13. The van der Waals surface area contributed by atoms with E-state index in [1.54, 1.807) is 6.08 Å². The van der Waals surface area contributed by atoms with Gasteiger partial charge in [0.25, 0.3) is 0 Å². The van der Waals surface area contributed by atoms with E-state index >= 15 is 0 Å². The van der Waals surface area contributed by atoms with Crippen molar-refractivity contribution in [3.63, 3.8) is 0 Å². The van der Waals surface area contributed by atoms with E-state index in [1.165, 1.54) is 24.8 Å². The molecule has 1 aromatic rings. The molecule has 3 saturated carbocycles. The number of aryl methyl sites for hydroxylation is 1. The number of aliphatic hydroxyl groups is 1. The monoisotopic (exact) mass is 713 g/mol. The van der Waals surface area contributed by atoms with Crippen LogP contribution in [0, 0.1) is 35.5 Å². The molecule has 0 heterocycles. The molecule has 0 saturated heterocycles. The molecule has 6 rings (SSSR count). The van der Waals surface area contributed by atoms with Crippen LogP contribution in [0.25, 0.3) is 0 Å². The summed E-state index contributed by atoms with van der Waals surface area (Å²) in [5.74, 6) is 8.79.